The smallest absolute Gasteiger partial charge is 0.434 e. The Balaban J connectivity index is 2.55. The minimum atomic E-state index is -4.77. The SMILES string of the molecule is CC(C)(C)OC(=O)NC(C)(Cn1cc(C(F)(F)F)nc1C#N)c1cc(Br)ccc1F. The van der Waals surface area contributed by atoms with Crippen molar-refractivity contribution < 1.29 is 27.1 Å². The predicted molar refractivity (Wildman–Crippen MR) is 103 cm³/mol. The number of rotatable bonds is 4. The summed E-state index contributed by atoms with van der Waals surface area (Å²) < 4.78 is 60.4. The Bertz CT molecular complexity index is 992. The Kier molecular flexibility index (Phi) is 6.51. The van der Waals surface area contributed by atoms with E-state index in [0.717, 1.165) is 10.6 Å². The van der Waals surface area contributed by atoms with Gasteiger partial charge >= 0.3 is 12.3 Å². The van der Waals surface area contributed by atoms with Crippen LogP contribution in [0.2, 0.25) is 0 Å². The van der Waals surface area contributed by atoms with Crippen molar-refractivity contribution in [3.05, 3.63) is 51.8 Å². The average Bonchev–Trinajstić information content (AvgIpc) is 2.97. The summed E-state index contributed by atoms with van der Waals surface area (Å²) in [6, 6.07) is 5.56. The molecular weight excluding hydrogens is 472 g/mol. The number of ether oxygens (including phenoxy) is 1. The molecule has 2 rings (SSSR count). The van der Waals surface area contributed by atoms with E-state index in [1.807, 2.05) is 0 Å². The Labute approximate surface area is 179 Å². The van der Waals surface area contributed by atoms with Gasteiger partial charge in [0.15, 0.2) is 5.69 Å². The van der Waals surface area contributed by atoms with Crippen molar-refractivity contribution in [3.8, 4) is 6.07 Å². The molecule has 1 amide bonds. The lowest BCUT2D eigenvalue weighted by molar-refractivity contribution is -0.141. The van der Waals surface area contributed by atoms with Crippen LogP contribution in [-0.2, 0) is 23.0 Å². The van der Waals surface area contributed by atoms with E-state index in [-0.39, 0.29) is 5.56 Å². The van der Waals surface area contributed by atoms with Gasteiger partial charge in [0.25, 0.3) is 0 Å². The van der Waals surface area contributed by atoms with Gasteiger partial charge in [0.05, 0.1) is 12.1 Å². The number of nitrogens with one attached hydrogen (secondary N) is 1. The predicted octanol–water partition coefficient (Wildman–Crippen LogP) is 5.12. The highest BCUT2D eigenvalue weighted by molar-refractivity contribution is 9.10. The summed E-state index contributed by atoms with van der Waals surface area (Å²) in [6.07, 6.45) is -5.03. The number of carbonyl (C=O) groups is 1. The zero-order valence-electron chi connectivity index (χ0n) is 16.6. The van der Waals surface area contributed by atoms with E-state index in [2.05, 4.69) is 26.2 Å². The number of halogens is 5. The van der Waals surface area contributed by atoms with Gasteiger partial charge in [0.2, 0.25) is 5.82 Å². The van der Waals surface area contributed by atoms with E-state index < -0.39 is 47.3 Å². The summed E-state index contributed by atoms with van der Waals surface area (Å²) in [4.78, 5) is 15.7. The quantitative estimate of drug-likeness (QED) is 0.603. The van der Waals surface area contributed by atoms with Gasteiger partial charge in [0.1, 0.15) is 17.5 Å². The number of amides is 1. The first-order valence-electron chi connectivity index (χ1n) is 8.66. The van der Waals surface area contributed by atoms with E-state index in [1.54, 1.807) is 26.8 Å². The van der Waals surface area contributed by atoms with Gasteiger partial charge in [-0.25, -0.2) is 14.2 Å². The van der Waals surface area contributed by atoms with Crippen LogP contribution in [0.3, 0.4) is 0 Å². The third-order valence-electron chi connectivity index (χ3n) is 3.95. The van der Waals surface area contributed by atoms with E-state index in [4.69, 9.17) is 4.74 Å². The fraction of sp³-hybridized carbons (Fsp3) is 0.421. The van der Waals surface area contributed by atoms with Crippen molar-refractivity contribution >= 4 is 22.0 Å². The van der Waals surface area contributed by atoms with Crippen LogP contribution >= 0.6 is 15.9 Å². The van der Waals surface area contributed by atoms with Crippen LogP contribution in [0.25, 0.3) is 0 Å². The molecule has 1 N–H and O–H groups in total. The number of carbonyl (C=O) groups excluding carboxylic acids is 1. The second-order valence-electron chi connectivity index (χ2n) is 7.77. The van der Waals surface area contributed by atoms with E-state index in [9.17, 15) is 27.6 Å². The fourth-order valence-electron chi connectivity index (χ4n) is 2.74. The van der Waals surface area contributed by atoms with Gasteiger partial charge in [-0.3, -0.25) is 0 Å². The average molecular weight is 491 g/mol. The number of hydrogen-bond acceptors (Lipinski definition) is 4. The molecular formula is C19H19BrF4N4O2. The number of hydrogen-bond donors (Lipinski definition) is 1. The van der Waals surface area contributed by atoms with Crippen LogP contribution in [-0.4, -0.2) is 21.2 Å². The number of benzene rings is 1. The maximum Gasteiger partial charge on any atom is 0.434 e. The zero-order chi connectivity index (χ0) is 22.9. The van der Waals surface area contributed by atoms with Crippen molar-refractivity contribution in [2.45, 2.75) is 51.6 Å². The van der Waals surface area contributed by atoms with E-state index in [0.29, 0.717) is 10.7 Å². The molecule has 0 radical (unpaired) electrons. The standard InChI is InChI=1S/C19H19BrF4N4O2/c1-17(2,3)30-16(29)27-18(4,12-7-11(20)5-6-13(12)21)10-28-9-14(19(22,23)24)26-15(28)8-25/h5-7,9H,10H2,1-4H3,(H,27,29). The van der Waals surface area contributed by atoms with Crippen LogP contribution in [0.15, 0.2) is 28.9 Å². The monoisotopic (exact) mass is 490 g/mol. The number of aromatic nitrogens is 2. The number of imidazole rings is 1. The molecule has 0 aliphatic heterocycles. The largest absolute Gasteiger partial charge is 0.444 e. The van der Waals surface area contributed by atoms with Gasteiger partial charge < -0.3 is 14.6 Å². The number of alkyl carbamates (subject to hydrolysis) is 1. The molecule has 2 aromatic rings. The summed E-state index contributed by atoms with van der Waals surface area (Å²) in [5.41, 5.74) is -3.73. The molecule has 0 aliphatic rings. The Hall–Kier alpha value is -2.61. The molecule has 1 atom stereocenters. The topological polar surface area (TPSA) is 79.9 Å². The van der Waals surface area contributed by atoms with E-state index >= 15 is 0 Å². The van der Waals surface area contributed by atoms with Crippen LogP contribution < -0.4 is 5.32 Å². The molecule has 1 unspecified atom stereocenters. The van der Waals surface area contributed by atoms with Crippen molar-refractivity contribution in [1.29, 1.82) is 5.26 Å². The highest BCUT2D eigenvalue weighted by Crippen LogP contribution is 2.32. The molecule has 0 spiro atoms. The van der Waals surface area contributed by atoms with Gasteiger partial charge in [-0.15, -0.1) is 0 Å². The van der Waals surface area contributed by atoms with Gasteiger partial charge in [-0.1, -0.05) is 15.9 Å². The lowest BCUT2D eigenvalue weighted by Gasteiger charge is -2.33. The van der Waals surface area contributed by atoms with Crippen LogP contribution in [0.4, 0.5) is 22.4 Å². The molecule has 11 heteroatoms. The normalized spacial score (nSPS) is 14.0. The lowest BCUT2D eigenvalue weighted by atomic mass is 9.91. The highest BCUT2D eigenvalue weighted by atomic mass is 79.9. The second kappa shape index (κ2) is 8.26. The molecule has 0 saturated heterocycles. The van der Waals surface area contributed by atoms with Crippen LogP contribution in [0, 0.1) is 17.1 Å². The molecule has 1 aromatic heterocycles. The molecule has 0 fully saturated rings. The molecule has 30 heavy (non-hydrogen) atoms. The van der Waals surface area contributed by atoms with Crippen molar-refractivity contribution in [3.63, 3.8) is 0 Å². The molecule has 1 aromatic carbocycles. The first-order chi connectivity index (χ1) is 13.6. The third-order valence-corrected chi connectivity index (χ3v) is 4.45. The first kappa shape index (κ1) is 23.7. The minimum Gasteiger partial charge on any atom is -0.444 e. The maximum atomic E-state index is 14.7. The third kappa shape index (κ3) is 5.72. The number of nitriles is 1. The Morgan fingerprint density at radius 2 is 1.93 bits per heavy atom. The summed E-state index contributed by atoms with van der Waals surface area (Å²) in [6.45, 7) is 5.89. The van der Waals surface area contributed by atoms with Gasteiger partial charge in [-0.2, -0.15) is 18.4 Å². The minimum absolute atomic E-state index is 0.0196. The van der Waals surface area contributed by atoms with E-state index in [1.165, 1.54) is 19.1 Å². The highest BCUT2D eigenvalue weighted by Gasteiger charge is 2.38. The summed E-state index contributed by atoms with van der Waals surface area (Å²) in [5.74, 6) is -1.23. The molecule has 162 valence electrons. The maximum absolute atomic E-state index is 14.7. The van der Waals surface area contributed by atoms with Gasteiger partial charge in [0, 0.05) is 16.2 Å². The zero-order valence-corrected chi connectivity index (χ0v) is 18.2. The Morgan fingerprint density at radius 3 is 2.47 bits per heavy atom. The number of nitrogens with zero attached hydrogens (tertiary/aromatic N) is 3. The molecule has 0 aliphatic carbocycles. The summed E-state index contributed by atoms with van der Waals surface area (Å²) in [5, 5.41) is 11.7. The first-order valence-corrected chi connectivity index (χ1v) is 9.45. The van der Waals surface area contributed by atoms with Gasteiger partial charge in [-0.05, 0) is 45.9 Å². The van der Waals surface area contributed by atoms with Crippen molar-refractivity contribution in [1.82, 2.24) is 14.9 Å². The Morgan fingerprint density at radius 1 is 1.30 bits per heavy atom. The second-order valence-corrected chi connectivity index (χ2v) is 8.69. The molecule has 6 nitrogen and oxygen atoms in total. The van der Waals surface area contributed by atoms with Crippen molar-refractivity contribution in [2.75, 3.05) is 0 Å². The summed E-state index contributed by atoms with van der Waals surface area (Å²) in [7, 11) is 0. The molecule has 0 bridgehead atoms. The van der Waals surface area contributed by atoms with Crippen LogP contribution in [0.5, 0.6) is 0 Å². The molecule has 1 heterocycles. The molecule has 0 saturated carbocycles. The van der Waals surface area contributed by atoms with Crippen molar-refractivity contribution in [2.24, 2.45) is 0 Å². The number of alkyl halides is 3. The lowest BCUT2D eigenvalue weighted by Crippen LogP contribution is -2.49. The fourth-order valence-corrected chi connectivity index (χ4v) is 3.11. The van der Waals surface area contributed by atoms with Crippen LogP contribution in [0.1, 0.15) is 44.8 Å². The summed E-state index contributed by atoms with van der Waals surface area (Å²) >= 11 is 3.22.